The molecule has 0 bridgehead atoms. The monoisotopic (exact) mass is 446 g/mol. The van der Waals surface area contributed by atoms with Gasteiger partial charge >= 0.3 is 6.18 Å². The SMILES string of the molecule is Cc1cc(C(CS(=O)(=O)O)C(F)(F)F)cc(C)c1NC(=O)c1cccc([N+](=O)[O-])c1. The normalized spacial score (nSPS) is 13.0. The van der Waals surface area contributed by atoms with Gasteiger partial charge in [-0.25, -0.2) is 0 Å². The van der Waals surface area contributed by atoms with Crippen LogP contribution in [0.5, 0.6) is 0 Å². The summed E-state index contributed by atoms with van der Waals surface area (Å²) in [6.45, 7) is 2.83. The molecule has 2 aromatic carbocycles. The Kier molecular flexibility index (Phi) is 6.52. The zero-order valence-corrected chi connectivity index (χ0v) is 16.5. The first-order valence-corrected chi connectivity index (χ1v) is 9.99. The number of hydrogen-bond acceptors (Lipinski definition) is 5. The Morgan fingerprint density at radius 1 is 1.20 bits per heavy atom. The van der Waals surface area contributed by atoms with Gasteiger partial charge in [0.2, 0.25) is 0 Å². The largest absolute Gasteiger partial charge is 0.396 e. The van der Waals surface area contributed by atoms with Crippen molar-refractivity contribution >= 4 is 27.4 Å². The summed E-state index contributed by atoms with van der Waals surface area (Å²) in [7, 11) is -4.90. The van der Waals surface area contributed by atoms with Gasteiger partial charge in [-0.3, -0.25) is 19.5 Å². The molecule has 162 valence electrons. The fourth-order valence-corrected chi connectivity index (χ4v) is 3.73. The van der Waals surface area contributed by atoms with Gasteiger partial charge in [0.25, 0.3) is 21.7 Å². The first-order valence-electron chi connectivity index (χ1n) is 8.38. The highest BCUT2D eigenvalue weighted by Crippen LogP contribution is 2.38. The Balaban J connectivity index is 2.39. The van der Waals surface area contributed by atoms with Crippen LogP contribution >= 0.6 is 0 Å². The number of amides is 1. The quantitative estimate of drug-likeness (QED) is 0.392. The van der Waals surface area contributed by atoms with E-state index in [9.17, 15) is 36.5 Å². The van der Waals surface area contributed by atoms with E-state index >= 15 is 0 Å². The van der Waals surface area contributed by atoms with Crippen LogP contribution in [0.2, 0.25) is 0 Å². The van der Waals surface area contributed by atoms with Crippen molar-refractivity contribution < 1.29 is 35.9 Å². The molecule has 2 N–H and O–H groups in total. The van der Waals surface area contributed by atoms with Gasteiger partial charge in [0.1, 0.15) is 0 Å². The van der Waals surface area contributed by atoms with Gasteiger partial charge < -0.3 is 5.32 Å². The van der Waals surface area contributed by atoms with Crippen LogP contribution < -0.4 is 5.32 Å². The minimum Gasteiger partial charge on any atom is -0.321 e. The van der Waals surface area contributed by atoms with Crippen molar-refractivity contribution in [1.82, 2.24) is 0 Å². The standard InChI is InChI=1S/C18H17F3N2O6S/c1-10-6-13(15(18(19,20)21)9-30(27,28)29)7-11(2)16(10)22-17(24)12-4-3-5-14(8-12)23(25)26/h3-8,15H,9H2,1-2H3,(H,22,24)(H,27,28,29). The maximum Gasteiger partial charge on any atom is 0.396 e. The van der Waals surface area contributed by atoms with E-state index in [1.807, 2.05) is 0 Å². The van der Waals surface area contributed by atoms with Crippen LogP contribution in [0, 0.1) is 24.0 Å². The van der Waals surface area contributed by atoms with E-state index in [1.165, 1.54) is 32.0 Å². The maximum atomic E-state index is 13.3. The average Bonchev–Trinajstić information content (AvgIpc) is 2.61. The summed E-state index contributed by atoms with van der Waals surface area (Å²) in [5, 5.41) is 13.3. The van der Waals surface area contributed by atoms with Crippen LogP contribution in [-0.4, -0.2) is 35.7 Å². The van der Waals surface area contributed by atoms with E-state index in [0.29, 0.717) is 0 Å². The number of aryl methyl sites for hydroxylation is 2. The lowest BCUT2D eigenvalue weighted by Gasteiger charge is -2.22. The summed E-state index contributed by atoms with van der Waals surface area (Å²) in [5.41, 5.74) is -0.0930. The number of nitro groups is 1. The Morgan fingerprint density at radius 3 is 2.23 bits per heavy atom. The van der Waals surface area contributed by atoms with Crippen LogP contribution in [0.4, 0.5) is 24.5 Å². The number of nitrogens with one attached hydrogen (secondary N) is 1. The third-order valence-electron chi connectivity index (χ3n) is 4.29. The van der Waals surface area contributed by atoms with E-state index in [2.05, 4.69) is 5.32 Å². The lowest BCUT2D eigenvalue weighted by Crippen LogP contribution is -2.28. The number of nitrogens with zero attached hydrogens (tertiary/aromatic N) is 1. The van der Waals surface area contributed by atoms with Gasteiger partial charge in [-0.2, -0.15) is 21.6 Å². The molecule has 0 saturated carbocycles. The summed E-state index contributed by atoms with van der Waals surface area (Å²) in [6, 6.07) is 7.06. The molecular weight excluding hydrogens is 429 g/mol. The van der Waals surface area contributed by atoms with Crippen molar-refractivity contribution in [1.29, 1.82) is 0 Å². The van der Waals surface area contributed by atoms with Crippen LogP contribution in [0.15, 0.2) is 36.4 Å². The summed E-state index contributed by atoms with van der Waals surface area (Å²) >= 11 is 0. The van der Waals surface area contributed by atoms with E-state index in [4.69, 9.17) is 4.55 Å². The fourth-order valence-electron chi connectivity index (χ4n) is 2.93. The Hall–Kier alpha value is -2.99. The van der Waals surface area contributed by atoms with Gasteiger partial charge in [0.05, 0.1) is 16.6 Å². The molecule has 0 saturated heterocycles. The lowest BCUT2D eigenvalue weighted by atomic mass is 9.95. The molecule has 0 aliphatic carbocycles. The second-order valence-corrected chi connectivity index (χ2v) is 8.13. The number of benzene rings is 2. The third kappa shape index (κ3) is 5.76. The number of carbonyl (C=O) groups excluding carboxylic acids is 1. The first kappa shape index (κ1) is 23.3. The molecule has 0 spiro atoms. The molecule has 2 rings (SSSR count). The van der Waals surface area contributed by atoms with Gasteiger partial charge in [-0.1, -0.05) is 18.2 Å². The second-order valence-electron chi connectivity index (χ2n) is 6.63. The molecule has 1 amide bonds. The highest BCUT2D eigenvalue weighted by atomic mass is 32.2. The summed E-state index contributed by atoms with van der Waals surface area (Å²) in [5.74, 6) is -4.69. The summed E-state index contributed by atoms with van der Waals surface area (Å²) in [6.07, 6.45) is -4.93. The third-order valence-corrected chi connectivity index (χ3v) is 5.04. The van der Waals surface area contributed by atoms with E-state index in [0.717, 1.165) is 18.2 Å². The summed E-state index contributed by atoms with van der Waals surface area (Å²) < 4.78 is 70.9. The van der Waals surface area contributed by atoms with Crippen molar-refractivity contribution in [2.45, 2.75) is 25.9 Å². The predicted octanol–water partition coefficient (Wildman–Crippen LogP) is 4.00. The highest BCUT2D eigenvalue weighted by Gasteiger charge is 2.43. The Morgan fingerprint density at radius 2 is 1.77 bits per heavy atom. The Bertz CT molecular complexity index is 1080. The number of alkyl halides is 3. The van der Waals surface area contributed by atoms with E-state index < -0.39 is 38.8 Å². The van der Waals surface area contributed by atoms with Gasteiger partial charge in [0, 0.05) is 23.4 Å². The number of rotatable bonds is 6. The number of anilines is 1. The van der Waals surface area contributed by atoms with Gasteiger partial charge in [-0.05, 0) is 36.6 Å². The molecule has 0 aliphatic rings. The minimum absolute atomic E-state index is 0.0216. The van der Waals surface area contributed by atoms with E-state index in [-0.39, 0.29) is 33.6 Å². The van der Waals surface area contributed by atoms with Crippen molar-refractivity contribution in [2.24, 2.45) is 0 Å². The lowest BCUT2D eigenvalue weighted by molar-refractivity contribution is -0.384. The molecular formula is C18H17F3N2O6S. The van der Waals surface area contributed by atoms with Gasteiger partial charge in [0.15, 0.2) is 0 Å². The summed E-state index contributed by atoms with van der Waals surface area (Å²) in [4.78, 5) is 22.6. The van der Waals surface area contributed by atoms with Crippen molar-refractivity contribution in [3.63, 3.8) is 0 Å². The number of halogens is 3. The number of nitro benzene ring substituents is 1. The zero-order valence-electron chi connectivity index (χ0n) is 15.7. The van der Waals surface area contributed by atoms with Crippen LogP contribution in [-0.2, 0) is 10.1 Å². The van der Waals surface area contributed by atoms with Crippen molar-refractivity contribution in [3.8, 4) is 0 Å². The molecule has 0 radical (unpaired) electrons. The second kappa shape index (κ2) is 8.40. The molecule has 0 aromatic heterocycles. The molecule has 0 fully saturated rings. The molecule has 2 aromatic rings. The molecule has 1 atom stereocenters. The Labute approximate surface area is 169 Å². The molecule has 1 unspecified atom stereocenters. The molecule has 0 aliphatic heterocycles. The van der Waals surface area contributed by atoms with Crippen LogP contribution in [0.1, 0.15) is 33.0 Å². The van der Waals surface area contributed by atoms with Crippen LogP contribution in [0.3, 0.4) is 0 Å². The smallest absolute Gasteiger partial charge is 0.321 e. The number of non-ortho nitro benzene ring substituents is 1. The minimum atomic E-state index is -4.93. The first-order chi connectivity index (χ1) is 13.7. The van der Waals surface area contributed by atoms with E-state index in [1.54, 1.807) is 0 Å². The van der Waals surface area contributed by atoms with Crippen molar-refractivity contribution in [2.75, 3.05) is 11.1 Å². The zero-order chi connectivity index (χ0) is 22.9. The number of hydrogen-bond donors (Lipinski definition) is 2. The topological polar surface area (TPSA) is 127 Å². The van der Waals surface area contributed by atoms with Crippen LogP contribution in [0.25, 0.3) is 0 Å². The van der Waals surface area contributed by atoms with Crippen molar-refractivity contribution in [3.05, 3.63) is 68.8 Å². The fraction of sp³-hybridized carbons (Fsp3) is 0.278. The number of carbonyl (C=O) groups is 1. The molecule has 12 heteroatoms. The maximum absolute atomic E-state index is 13.3. The molecule has 8 nitrogen and oxygen atoms in total. The highest BCUT2D eigenvalue weighted by molar-refractivity contribution is 7.85. The molecule has 0 heterocycles. The molecule has 30 heavy (non-hydrogen) atoms. The average molecular weight is 446 g/mol. The van der Waals surface area contributed by atoms with Gasteiger partial charge in [-0.15, -0.1) is 0 Å². The predicted molar refractivity (Wildman–Crippen MR) is 102 cm³/mol.